The van der Waals surface area contributed by atoms with Crippen LogP contribution in [-0.2, 0) is 9.53 Å². The van der Waals surface area contributed by atoms with E-state index < -0.39 is 0 Å². The molecule has 1 aromatic rings. The summed E-state index contributed by atoms with van der Waals surface area (Å²) >= 11 is 1.20. The maximum atomic E-state index is 11.9. The first-order valence-corrected chi connectivity index (χ1v) is 12.8. The van der Waals surface area contributed by atoms with Crippen molar-refractivity contribution in [2.75, 3.05) is 33.5 Å². The van der Waals surface area contributed by atoms with E-state index in [4.69, 9.17) is 9.47 Å². The molecule has 6 nitrogen and oxygen atoms in total. The molecule has 1 aliphatic rings. The molecule has 0 N–H and O–H groups in total. The van der Waals surface area contributed by atoms with E-state index in [-0.39, 0.29) is 5.97 Å². The molecule has 7 heteroatoms. The second-order valence-corrected chi connectivity index (χ2v) is 8.62. The van der Waals surface area contributed by atoms with Crippen LogP contribution in [0, 0.1) is 5.92 Å². The molecule has 0 saturated heterocycles. The van der Waals surface area contributed by atoms with E-state index in [0.29, 0.717) is 36.0 Å². The lowest BCUT2D eigenvalue weighted by Crippen LogP contribution is -2.49. The van der Waals surface area contributed by atoms with Gasteiger partial charge in [0.25, 0.3) is 5.88 Å². The normalized spacial score (nSPS) is 17.6. The minimum Gasteiger partial charge on any atom is -0.475 e. The van der Waals surface area contributed by atoms with Crippen LogP contribution in [0.25, 0.3) is 5.57 Å². The number of carbonyl (C=O) groups excluding carboxylic acids is 1. The van der Waals surface area contributed by atoms with E-state index in [2.05, 4.69) is 28.8 Å². The minimum absolute atomic E-state index is 0.119. The summed E-state index contributed by atoms with van der Waals surface area (Å²) in [6, 6.07) is 0. The molecule has 1 unspecified atom stereocenters. The van der Waals surface area contributed by atoms with Crippen LogP contribution in [0.5, 0.6) is 5.88 Å². The molecular formula is C24H46N3O3S+. The van der Waals surface area contributed by atoms with Crippen LogP contribution < -0.4 is 4.74 Å². The lowest BCUT2D eigenvalue weighted by Gasteiger charge is -2.36. The highest BCUT2D eigenvalue weighted by Gasteiger charge is 2.31. The first-order valence-electron chi connectivity index (χ1n) is 12.1. The smallest absolute Gasteiger partial charge is 0.310 e. The van der Waals surface area contributed by atoms with Crippen molar-refractivity contribution in [3.8, 4) is 5.88 Å². The largest absolute Gasteiger partial charge is 0.475 e. The van der Waals surface area contributed by atoms with Crippen LogP contribution >= 0.6 is 11.7 Å². The zero-order chi connectivity index (χ0) is 23.7. The Balaban J connectivity index is 0.00000212. The van der Waals surface area contributed by atoms with Gasteiger partial charge in [0.2, 0.25) is 6.73 Å². The topological polar surface area (TPSA) is 61.3 Å². The van der Waals surface area contributed by atoms with Gasteiger partial charge >= 0.3 is 5.97 Å². The Morgan fingerprint density at radius 3 is 2.52 bits per heavy atom. The zero-order valence-corrected chi connectivity index (χ0v) is 22.0. The lowest BCUT2D eigenvalue weighted by molar-refractivity contribution is -0.919. The Bertz CT molecular complexity index is 631. The third-order valence-electron chi connectivity index (χ3n) is 4.72. The number of esters is 1. The van der Waals surface area contributed by atoms with Crippen molar-refractivity contribution in [3.63, 3.8) is 0 Å². The number of aromatic nitrogens is 2. The van der Waals surface area contributed by atoms with Gasteiger partial charge in [0.05, 0.1) is 31.9 Å². The third-order valence-corrected chi connectivity index (χ3v) is 5.23. The van der Waals surface area contributed by atoms with Crippen molar-refractivity contribution in [1.29, 1.82) is 0 Å². The molecule has 2 rings (SSSR count). The van der Waals surface area contributed by atoms with E-state index >= 15 is 0 Å². The molecule has 0 aliphatic carbocycles. The van der Waals surface area contributed by atoms with Crippen molar-refractivity contribution in [1.82, 2.24) is 8.75 Å². The van der Waals surface area contributed by atoms with Crippen molar-refractivity contribution >= 4 is 23.3 Å². The fraction of sp³-hybridized carbons (Fsp3) is 0.792. The molecule has 0 amide bonds. The molecule has 0 radical (unpaired) electrons. The predicted octanol–water partition coefficient (Wildman–Crippen LogP) is 6.33. The monoisotopic (exact) mass is 456 g/mol. The van der Waals surface area contributed by atoms with E-state index in [1.165, 1.54) is 31.0 Å². The number of unbranched alkanes of at least 4 members (excludes halogenated alkanes) is 3. The maximum Gasteiger partial charge on any atom is 0.310 e. The number of rotatable bonds is 11. The van der Waals surface area contributed by atoms with Gasteiger partial charge in [-0.2, -0.15) is 4.37 Å². The van der Waals surface area contributed by atoms with E-state index in [9.17, 15) is 4.79 Å². The molecule has 1 aliphatic heterocycles. The van der Waals surface area contributed by atoms with Crippen LogP contribution in [0.2, 0.25) is 0 Å². The van der Waals surface area contributed by atoms with Crippen molar-refractivity contribution in [2.45, 2.75) is 87.0 Å². The molecule has 180 valence electrons. The van der Waals surface area contributed by atoms with Gasteiger partial charge in [-0.05, 0) is 12.3 Å². The van der Waals surface area contributed by atoms with E-state index in [1.807, 2.05) is 41.5 Å². The highest BCUT2D eigenvalue weighted by Crippen LogP contribution is 2.30. The Morgan fingerprint density at radius 1 is 1.16 bits per heavy atom. The number of nitrogens with zero attached hydrogens (tertiary/aromatic N) is 3. The number of hydrogen-bond donors (Lipinski definition) is 0. The predicted molar refractivity (Wildman–Crippen MR) is 131 cm³/mol. The highest BCUT2D eigenvalue weighted by atomic mass is 32.1. The molecule has 0 fully saturated rings. The second kappa shape index (κ2) is 17.1. The molecule has 2 heterocycles. The first kappa shape index (κ1) is 29.5. The maximum absolute atomic E-state index is 11.9. The summed E-state index contributed by atoms with van der Waals surface area (Å²) in [5.74, 6) is 0.845. The first-order chi connectivity index (χ1) is 14.9. The minimum atomic E-state index is -0.119. The second-order valence-electron chi connectivity index (χ2n) is 8.09. The number of ether oxygens (including phenoxy) is 2. The summed E-state index contributed by atoms with van der Waals surface area (Å²) in [5.41, 5.74) is 1.99. The molecule has 31 heavy (non-hydrogen) atoms. The standard InChI is InChI=1S/C20H34N3O3S.2C2H6/c1-5-6-7-8-12-25-20-19(21-27-22-20)17-10-9-11-23(4,14-17)15-26-18(24)13-16(2)3;2*1-2/h10,16H,5-9,11-15H2,1-4H3;2*1-2H3/q+1;;. The molecule has 1 aromatic heterocycles. The van der Waals surface area contributed by atoms with Gasteiger partial charge in [-0.3, -0.25) is 9.28 Å². The van der Waals surface area contributed by atoms with Crippen LogP contribution in [0.1, 0.15) is 92.7 Å². The number of hydrogen-bond acceptors (Lipinski definition) is 6. The average Bonchev–Trinajstić information content (AvgIpc) is 3.23. The van der Waals surface area contributed by atoms with Crippen LogP contribution in [0.3, 0.4) is 0 Å². The summed E-state index contributed by atoms with van der Waals surface area (Å²) in [6.45, 7) is 17.1. The number of carbonyl (C=O) groups is 1. The summed E-state index contributed by atoms with van der Waals surface area (Å²) in [6.07, 6.45) is 8.30. The molecular weight excluding hydrogens is 410 g/mol. The average molecular weight is 457 g/mol. The molecule has 0 saturated carbocycles. The van der Waals surface area contributed by atoms with Gasteiger partial charge in [0.15, 0.2) is 0 Å². The van der Waals surface area contributed by atoms with Gasteiger partial charge in [0.1, 0.15) is 12.2 Å². The summed E-state index contributed by atoms with van der Waals surface area (Å²) in [7, 11) is 2.13. The highest BCUT2D eigenvalue weighted by molar-refractivity contribution is 6.99. The number of quaternary nitrogens is 1. The van der Waals surface area contributed by atoms with E-state index in [0.717, 1.165) is 37.2 Å². The summed E-state index contributed by atoms with van der Waals surface area (Å²) in [5, 5.41) is 0. The van der Waals surface area contributed by atoms with Crippen molar-refractivity contribution < 1.29 is 18.8 Å². The fourth-order valence-electron chi connectivity index (χ4n) is 3.18. The third kappa shape index (κ3) is 11.6. The zero-order valence-electron chi connectivity index (χ0n) is 21.2. The van der Waals surface area contributed by atoms with Gasteiger partial charge in [-0.25, -0.2) is 0 Å². The summed E-state index contributed by atoms with van der Waals surface area (Å²) in [4.78, 5) is 11.9. The van der Waals surface area contributed by atoms with Crippen LogP contribution in [0.15, 0.2) is 6.08 Å². The van der Waals surface area contributed by atoms with Gasteiger partial charge in [0, 0.05) is 18.4 Å². The molecule has 0 aromatic carbocycles. The van der Waals surface area contributed by atoms with Gasteiger partial charge < -0.3 is 9.47 Å². The molecule has 0 bridgehead atoms. The fourth-order valence-corrected chi connectivity index (χ4v) is 3.71. The van der Waals surface area contributed by atoms with Crippen molar-refractivity contribution in [3.05, 3.63) is 11.8 Å². The van der Waals surface area contributed by atoms with Gasteiger partial charge in [-0.1, -0.05) is 73.8 Å². The number of likely N-dealkylation sites (N-methyl/N-ethyl adjacent to an activating group) is 1. The SMILES string of the molecule is CC.CC.CCCCCCOc1nsnc1C1=CCC[N+](C)(COC(=O)CC(C)C)C1. The lowest BCUT2D eigenvalue weighted by atomic mass is 10.1. The summed E-state index contributed by atoms with van der Waals surface area (Å²) < 4.78 is 20.9. The van der Waals surface area contributed by atoms with Crippen LogP contribution in [0.4, 0.5) is 0 Å². The van der Waals surface area contributed by atoms with Gasteiger partial charge in [-0.15, -0.1) is 4.37 Å². The van der Waals surface area contributed by atoms with Crippen molar-refractivity contribution in [2.24, 2.45) is 5.92 Å². The molecule has 0 spiro atoms. The van der Waals surface area contributed by atoms with Crippen LogP contribution in [-0.4, -0.2) is 52.7 Å². The Morgan fingerprint density at radius 2 is 1.87 bits per heavy atom. The Hall–Kier alpha value is -1.47. The van der Waals surface area contributed by atoms with E-state index in [1.54, 1.807) is 0 Å². The Kier molecular flexibility index (Phi) is 16.3. The molecule has 1 atom stereocenters. The Labute approximate surface area is 194 Å². The quantitative estimate of drug-likeness (QED) is 0.221.